The van der Waals surface area contributed by atoms with E-state index in [1.165, 1.54) is 0 Å². The molecule has 1 amide bonds. The van der Waals surface area contributed by atoms with Crippen molar-refractivity contribution >= 4 is 28.7 Å². The number of thiophene rings is 1. The molecule has 0 aliphatic rings. The Bertz CT molecular complexity index is 729. The third-order valence-electron chi connectivity index (χ3n) is 3.56. The van der Waals surface area contributed by atoms with Gasteiger partial charge in [-0.1, -0.05) is 0 Å². The first-order chi connectivity index (χ1) is 11.4. The lowest BCUT2D eigenvalue weighted by Crippen LogP contribution is -2.13. The largest absolute Gasteiger partial charge is 0.497 e. The Morgan fingerprint density at radius 1 is 1.00 bits per heavy atom. The van der Waals surface area contributed by atoms with Gasteiger partial charge in [0.1, 0.15) is 11.5 Å². The third kappa shape index (κ3) is 4.58. The molecule has 2 rings (SSSR count). The van der Waals surface area contributed by atoms with Gasteiger partial charge in [-0.2, -0.15) is 0 Å². The first kappa shape index (κ1) is 18.0. The molecule has 1 aromatic carbocycles. The number of ether oxygens (including phenoxy) is 2. The Morgan fingerprint density at radius 3 is 2.12 bits per heavy atom. The molecule has 0 fully saturated rings. The number of hydrogen-bond acceptors (Lipinski definition) is 5. The Morgan fingerprint density at radius 2 is 1.62 bits per heavy atom. The summed E-state index contributed by atoms with van der Waals surface area (Å²) in [6.45, 7) is 3.89. The van der Waals surface area contributed by atoms with E-state index in [9.17, 15) is 9.59 Å². The lowest BCUT2D eigenvalue weighted by Gasteiger charge is -2.09. The van der Waals surface area contributed by atoms with Gasteiger partial charge >= 0.3 is 0 Å². The second-order valence-electron chi connectivity index (χ2n) is 5.40. The van der Waals surface area contributed by atoms with Gasteiger partial charge in [-0.3, -0.25) is 9.59 Å². The SMILES string of the molecule is COc1cc(NC(=O)CCC(=O)c2cc(C)sc2C)cc(OC)c1. The van der Waals surface area contributed by atoms with E-state index in [-0.39, 0.29) is 24.5 Å². The Balaban J connectivity index is 1.96. The zero-order chi connectivity index (χ0) is 17.7. The summed E-state index contributed by atoms with van der Waals surface area (Å²) in [4.78, 5) is 26.4. The number of aryl methyl sites for hydroxylation is 2. The molecule has 24 heavy (non-hydrogen) atoms. The van der Waals surface area contributed by atoms with Crippen LogP contribution in [0.25, 0.3) is 0 Å². The van der Waals surface area contributed by atoms with Gasteiger partial charge in [0, 0.05) is 52.0 Å². The van der Waals surface area contributed by atoms with Gasteiger partial charge in [0.15, 0.2) is 5.78 Å². The maximum atomic E-state index is 12.2. The van der Waals surface area contributed by atoms with Gasteiger partial charge in [-0.15, -0.1) is 11.3 Å². The zero-order valence-electron chi connectivity index (χ0n) is 14.3. The minimum Gasteiger partial charge on any atom is -0.497 e. The summed E-state index contributed by atoms with van der Waals surface area (Å²) < 4.78 is 10.3. The Hall–Kier alpha value is -2.34. The van der Waals surface area contributed by atoms with E-state index in [4.69, 9.17) is 9.47 Å². The van der Waals surface area contributed by atoms with Gasteiger partial charge < -0.3 is 14.8 Å². The smallest absolute Gasteiger partial charge is 0.224 e. The molecule has 128 valence electrons. The quantitative estimate of drug-likeness (QED) is 0.769. The van der Waals surface area contributed by atoms with Crippen LogP contribution in [0.5, 0.6) is 11.5 Å². The molecule has 0 spiro atoms. The van der Waals surface area contributed by atoms with Gasteiger partial charge in [0.25, 0.3) is 0 Å². The van der Waals surface area contributed by atoms with E-state index in [0.717, 1.165) is 9.75 Å². The molecule has 0 radical (unpaired) electrons. The number of anilines is 1. The van der Waals surface area contributed by atoms with Crippen molar-refractivity contribution in [1.82, 2.24) is 0 Å². The topological polar surface area (TPSA) is 64.6 Å². The van der Waals surface area contributed by atoms with Crippen LogP contribution in [-0.2, 0) is 4.79 Å². The Kier molecular flexibility index (Phi) is 5.98. The molecular weight excluding hydrogens is 326 g/mol. The van der Waals surface area contributed by atoms with Crippen molar-refractivity contribution in [1.29, 1.82) is 0 Å². The van der Waals surface area contributed by atoms with Crippen LogP contribution < -0.4 is 14.8 Å². The molecule has 0 atom stereocenters. The van der Waals surface area contributed by atoms with Crippen LogP contribution in [0.15, 0.2) is 24.3 Å². The minimum atomic E-state index is -0.219. The second kappa shape index (κ2) is 7.97. The number of carbonyl (C=O) groups excluding carboxylic acids is 2. The summed E-state index contributed by atoms with van der Waals surface area (Å²) in [5.41, 5.74) is 1.29. The predicted molar refractivity (Wildman–Crippen MR) is 95.5 cm³/mol. The van der Waals surface area contributed by atoms with E-state index in [0.29, 0.717) is 22.7 Å². The predicted octanol–water partition coefficient (Wildman–Crippen LogP) is 3.98. The van der Waals surface area contributed by atoms with Gasteiger partial charge in [-0.05, 0) is 19.9 Å². The van der Waals surface area contributed by atoms with Crippen LogP contribution in [0, 0.1) is 13.8 Å². The molecule has 0 bridgehead atoms. The van der Waals surface area contributed by atoms with Crippen LogP contribution in [0.2, 0.25) is 0 Å². The zero-order valence-corrected chi connectivity index (χ0v) is 15.1. The average molecular weight is 347 g/mol. The summed E-state index contributed by atoms with van der Waals surface area (Å²) in [7, 11) is 3.09. The molecule has 2 aromatic rings. The second-order valence-corrected chi connectivity index (χ2v) is 6.86. The minimum absolute atomic E-state index is 0.00442. The molecule has 0 saturated carbocycles. The molecule has 0 unspecified atom stereocenters. The van der Waals surface area contributed by atoms with Crippen molar-refractivity contribution in [3.05, 3.63) is 39.6 Å². The summed E-state index contributed by atoms with van der Waals surface area (Å²) in [5.74, 6) is 0.952. The molecule has 1 aromatic heterocycles. The number of methoxy groups -OCH3 is 2. The maximum absolute atomic E-state index is 12.2. The molecule has 6 heteroatoms. The van der Waals surface area contributed by atoms with E-state index in [2.05, 4.69) is 5.32 Å². The molecular formula is C18H21NO4S. The monoisotopic (exact) mass is 347 g/mol. The summed E-state index contributed by atoms with van der Waals surface area (Å²) in [6.07, 6.45) is 0.316. The first-order valence-electron chi connectivity index (χ1n) is 7.56. The normalized spacial score (nSPS) is 10.3. The highest BCUT2D eigenvalue weighted by Gasteiger charge is 2.14. The maximum Gasteiger partial charge on any atom is 0.224 e. The molecule has 0 aliphatic heterocycles. The summed E-state index contributed by atoms with van der Waals surface area (Å²) >= 11 is 1.59. The highest BCUT2D eigenvalue weighted by molar-refractivity contribution is 7.12. The van der Waals surface area contributed by atoms with Crippen molar-refractivity contribution in [2.75, 3.05) is 19.5 Å². The van der Waals surface area contributed by atoms with Gasteiger partial charge in [-0.25, -0.2) is 0 Å². The van der Waals surface area contributed by atoms with Crippen molar-refractivity contribution in [2.24, 2.45) is 0 Å². The highest BCUT2D eigenvalue weighted by atomic mass is 32.1. The average Bonchev–Trinajstić information content (AvgIpc) is 2.90. The van der Waals surface area contributed by atoms with E-state index < -0.39 is 0 Å². The Labute approximate surface area is 145 Å². The number of benzene rings is 1. The fourth-order valence-corrected chi connectivity index (χ4v) is 3.31. The number of hydrogen-bond donors (Lipinski definition) is 1. The van der Waals surface area contributed by atoms with Crippen molar-refractivity contribution in [2.45, 2.75) is 26.7 Å². The van der Waals surface area contributed by atoms with Crippen molar-refractivity contribution in [3.8, 4) is 11.5 Å². The van der Waals surface area contributed by atoms with E-state index in [1.54, 1.807) is 43.8 Å². The van der Waals surface area contributed by atoms with Crippen molar-refractivity contribution in [3.63, 3.8) is 0 Å². The van der Waals surface area contributed by atoms with Crippen LogP contribution in [-0.4, -0.2) is 25.9 Å². The van der Waals surface area contributed by atoms with Crippen molar-refractivity contribution < 1.29 is 19.1 Å². The summed E-state index contributed by atoms with van der Waals surface area (Å²) in [5, 5.41) is 2.77. The lowest BCUT2D eigenvalue weighted by molar-refractivity contribution is -0.116. The number of carbonyl (C=O) groups is 2. The summed E-state index contributed by atoms with van der Waals surface area (Å²) in [6, 6.07) is 7.01. The van der Waals surface area contributed by atoms with Gasteiger partial charge in [0.05, 0.1) is 14.2 Å². The number of amides is 1. The first-order valence-corrected chi connectivity index (χ1v) is 8.37. The number of nitrogens with one attached hydrogen (secondary N) is 1. The van der Waals surface area contributed by atoms with Gasteiger partial charge in [0.2, 0.25) is 5.91 Å². The molecule has 1 N–H and O–H groups in total. The van der Waals surface area contributed by atoms with Crippen LogP contribution in [0.3, 0.4) is 0 Å². The third-order valence-corrected chi connectivity index (χ3v) is 4.52. The van der Waals surface area contributed by atoms with E-state index in [1.807, 2.05) is 19.9 Å². The standard InChI is InChI=1S/C18H21NO4S/c1-11-7-16(12(2)24-11)17(20)5-6-18(21)19-13-8-14(22-3)10-15(9-13)23-4/h7-10H,5-6H2,1-4H3,(H,19,21). The van der Waals surface area contributed by atoms with Crippen LogP contribution in [0.4, 0.5) is 5.69 Å². The molecule has 0 saturated heterocycles. The molecule has 1 heterocycles. The number of Topliss-reactive ketones (excluding diaryl/α,β-unsaturated/α-hetero) is 1. The lowest BCUT2D eigenvalue weighted by atomic mass is 10.1. The molecule has 0 aliphatic carbocycles. The van der Waals surface area contributed by atoms with Crippen LogP contribution >= 0.6 is 11.3 Å². The fraction of sp³-hybridized carbons (Fsp3) is 0.333. The number of rotatable bonds is 7. The molecule has 5 nitrogen and oxygen atoms in total. The highest BCUT2D eigenvalue weighted by Crippen LogP contribution is 2.26. The fourth-order valence-electron chi connectivity index (χ4n) is 2.37. The van der Waals surface area contributed by atoms with Crippen LogP contribution in [0.1, 0.15) is 33.0 Å². The number of ketones is 1. The van der Waals surface area contributed by atoms with E-state index >= 15 is 0 Å².